The van der Waals surface area contributed by atoms with E-state index in [0.29, 0.717) is 24.8 Å². The second-order valence-electron chi connectivity index (χ2n) is 16.3. The molecule has 1 atom stereocenters. The number of Topliss-reactive ketones (excluding diaryl/α,β-unsaturated/α-hetero) is 1. The zero-order chi connectivity index (χ0) is 39.5. The molecule has 0 amide bonds. The highest BCUT2D eigenvalue weighted by molar-refractivity contribution is 5.94. The smallest absolute Gasteiger partial charge is 0.159 e. The Balaban J connectivity index is 0.000000181. The van der Waals surface area contributed by atoms with Gasteiger partial charge in [0.25, 0.3) is 0 Å². The monoisotopic (exact) mass is 789 g/mol. The fraction of sp³-hybridized carbons (Fsp3) is 0.510. The van der Waals surface area contributed by atoms with Crippen molar-refractivity contribution in [1.29, 1.82) is 0 Å². The Kier molecular flexibility index (Phi) is 19.3. The van der Waals surface area contributed by atoms with Gasteiger partial charge in [-0.3, -0.25) is 19.5 Å². The Morgan fingerprint density at radius 2 is 1.02 bits per heavy atom. The lowest BCUT2D eigenvalue weighted by Gasteiger charge is -2.42. The largest absolute Gasteiger partial charge is 0.489 e. The van der Waals surface area contributed by atoms with Crippen molar-refractivity contribution >= 4 is 5.78 Å². The lowest BCUT2D eigenvalue weighted by molar-refractivity contribution is 0.0602. The van der Waals surface area contributed by atoms with Crippen LogP contribution < -0.4 is 14.8 Å². The number of rotatable bonds is 11. The standard InChI is InChI=1S/C25H34N2O.C15H14O2.C10H20N2.CH4/c1-21(26-16-18-27(19-17-26)24-10-6-3-7-11-24)23-12-14-25(15-13-23)28-20-22-8-4-2-5-9-22;1-12(16)14-7-9-15(10-8-14)17-11-13-5-3-2-4-6-13;1-2-4-10(5-3-1)12-8-6-11-7-9-12;/h2,4-5,8-9,12-15,21,24H,3,6-7,10-11,16-20H2,1H3;2-10H,11H2,1H3;10-11H,1-9H2;1H4. The van der Waals surface area contributed by atoms with Gasteiger partial charge in [0.05, 0.1) is 0 Å². The van der Waals surface area contributed by atoms with Crippen molar-refractivity contribution in [3.63, 3.8) is 0 Å². The molecule has 314 valence electrons. The molecule has 4 aromatic carbocycles. The molecular weight excluding hydrogens is 717 g/mol. The summed E-state index contributed by atoms with van der Waals surface area (Å²) < 4.78 is 11.5. The van der Waals surface area contributed by atoms with Crippen LogP contribution in [0.2, 0.25) is 0 Å². The van der Waals surface area contributed by atoms with E-state index in [4.69, 9.17) is 9.47 Å². The summed E-state index contributed by atoms with van der Waals surface area (Å²) in [7, 11) is 0. The summed E-state index contributed by atoms with van der Waals surface area (Å²) >= 11 is 0. The van der Waals surface area contributed by atoms with Gasteiger partial charge in [0.1, 0.15) is 24.7 Å². The maximum atomic E-state index is 11.1. The second kappa shape index (κ2) is 24.8. The van der Waals surface area contributed by atoms with Gasteiger partial charge in [-0.2, -0.15) is 0 Å². The van der Waals surface area contributed by atoms with Crippen LogP contribution in [0.15, 0.2) is 109 Å². The molecule has 0 radical (unpaired) electrons. The molecule has 1 unspecified atom stereocenters. The average molecular weight is 789 g/mol. The van der Waals surface area contributed by atoms with Crippen molar-refractivity contribution in [2.24, 2.45) is 0 Å². The molecule has 4 fully saturated rings. The summed E-state index contributed by atoms with van der Waals surface area (Å²) in [5.74, 6) is 1.79. The maximum absolute atomic E-state index is 11.1. The molecule has 0 bridgehead atoms. The highest BCUT2D eigenvalue weighted by atomic mass is 16.5. The number of hydrogen-bond acceptors (Lipinski definition) is 7. The topological polar surface area (TPSA) is 57.3 Å². The number of nitrogens with zero attached hydrogens (tertiary/aromatic N) is 3. The molecule has 7 heteroatoms. The highest BCUT2D eigenvalue weighted by Gasteiger charge is 2.27. The van der Waals surface area contributed by atoms with Crippen LogP contribution in [0.4, 0.5) is 0 Å². The minimum absolute atomic E-state index is 0. The molecule has 0 aromatic heterocycles. The molecular formula is C51H72N4O3. The van der Waals surface area contributed by atoms with Crippen LogP contribution in [0, 0.1) is 0 Å². The van der Waals surface area contributed by atoms with Crippen LogP contribution in [-0.2, 0) is 13.2 Å². The number of piperazine rings is 2. The van der Waals surface area contributed by atoms with E-state index in [-0.39, 0.29) is 13.2 Å². The maximum Gasteiger partial charge on any atom is 0.159 e. The summed E-state index contributed by atoms with van der Waals surface area (Å²) in [6.07, 6.45) is 14.5. The molecule has 2 saturated heterocycles. The summed E-state index contributed by atoms with van der Waals surface area (Å²) in [6, 6.07) is 38.5. The molecule has 2 aliphatic carbocycles. The van der Waals surface area contributed by atoms with Crippen LogP contribution >= 0.6 is 0 Å². The summed E-state index contributed by atoms with van der Waals surface area (Å²) in [4.78, 5) is 19.2. The van der Waals surface area contributed by atoms with E-state index in [1.165, 1.54) is 128 Å². The average Bonchev–Trinajstić information content (AvgIpc) is 3.30. The van der Waals surface area contributed by atoms with Crippen LogP contribution in [0.3, 0.4) is 0 Å². The second-order valence-corrected chi connectivity index (χ2v) is 16.3. The first-order valence-electron chi connectivity index (χ1n) is 22.0. The molecule has 1 N–H and O–H groups in total. The highest BCUT2D eigenvalue weighted by Crippen LogP contribution is 2.28. The van der Waals surface area contributed by atoms with Gasteiger partial charge >= 0.3 is 0 Å². The molecule has 2 saturated carbocycles. The van der Waals surface area contributed by atoms with E-state index in [1.54, 1.807) is 19.1 Å². The number of ketones is 1. The minimum atomic E-state index is 0. The fourth-order valence-corrected chi connectivity index (χ4v) is 8.75. The normalized spacial score (nSPS) is 18.9. The van der Waals surface area contributed by atoms with Gasteiger partial charge in [-0.1, -0.05) is 119 Å². The van der Waals surface area contributed by atoms with E-state index in [9.17, 15) is 4.79 Å². The minimum Gasteiger partial charge on any atom is -0.489 e. The van der Waals surface area contributed by atoms with Crippen molar-refractivity contribution < 1.29 is 14.3 Å². The van der Waals surface area contributed by atoms with Gasteiger partial charge < -0.3 is 14.8 Å². The van der Waals surface area contributed by atoms with Crippen molar-refractivity contribution in [2.75, 3.05) is 52.4 Å². The summed E-state index contributed by atoms with van der Waals surface area (Å²) in [6.45, 7) is 14.9. The number of benzene rings is 4. The fourth-order valence-electron chi connectivity index (χ4n) is 8.75. The molecule has 0 spiro atoms. The van der Waals surface area contributed by atoms with Gasteiger partial charge in [-0.15, -0.1) is 0 Å². The van der Waals surface area contributed by atoms with E-state index in [0.717, 1.165) is 29.1 Å². The lowest BCUT2D eigenvalue weighted by atomic mass is 9.93. The summed E-state index contributed by atoms with van der Waals surface area (Å²) in [5.41, 5.74) is 4.43. The first kappa shape index (κ1) is 45.1. The molecule has 4 aromatic rings. The third-order valence-electron chi connectivity index (χ3n) is 12.4. The Morgan fingerprint density at radius 3 is 1.47 bits per heavy atom. The molecule has 2 aliphatic heterocycles. The Bertz CT molecular complexity index is 1660. The van der Waals surface area contributed by atoms with Gasteiger partial charge in [0.15, 0.2) is 5.78 Å². The molecule has 2 heterocycles. The van der Waals surface area contributed by atoms with Gasteiger partial charge in [-0.25, -0.2) is 0 Å². The number of carbonyl (C=O) groups is 1. The predicted octanol–water partition coefficient (Wildman–Crippen LogP) is 10.6. The molecule has 4 aliphatic rings. The lowest BCUT2D eigenvalue weighted by Crippen LogP contribution is -2.51. The Labute approximate surface area is 351 Å². The first-order valence-corrected chi connectivity index (χ1v) is 22.0. The van der Waals surface area contributed by atoms with Crippen molar-refractivity contribution in [3.05, 3.63) is 131 Å². The quantitative estimate of drug-likeness (QED) is 0.152. The number of ether oxygens (including phenoxy) is 2. The zero-order valence-electron chi connectivity index (χ0n) is 34.8. The Morgan fingerprint density at radius 1 is 0.586 bits per heavy atom. The van der Waals surface area contributed by atoms with E-state index in [1.807, 2.05) is 48.5 Å². The van der Waals surface area contributed by atoms with Crippen molar-refractivity contribution in [1.82, 2.24) is 20.0 Å². The number of carbonyl (C=O) groups excluding carboxylic acids is 1. The third kappa shape index (κ3) is 14.7. The Hall–Kier alpha value is -4.01. The first-order chi connectivity index (χ1) is 28.0. The third-order valence-corrected chi connectivity index (χ3v) is 12.4. The number of nitrogens with one attached hydrogen (secondary N) is 1. The van der Waals surface area contributed by atoms with Crippen LogP contribution in [-0.4, -0.2) is 84.9 Å². The predicted molar refractivity (Wildman–Crippen MR) is 241 cm³/mol. The molecule has 58 heavy (non-hydrogen) atoms. The van der Waals surface area contributed by atoms with E-state index in [2.05, 4.69) is 75.5 Å². The SMILES string of the molecule is C.C1CCC(N2CCNCC2)CC1.CC(=O)c1ccc(OCc2ccccc2)cc1.CC(c1ccc(OCc2ccccc2)cc1)N1CCN(C2CCCCC2)CC1. The van der Waals surface area contributed by atoms with E-state index >= 15 is 0 Å². The summed E-state index contributed by atoms with van der Waals surface area (Å²) in [5, 5.41) is 3.41. The van der Waals surface area contributed by atoms with Crippen LogP contribution in [0.5, 0.6) is 11.5 Å². The molecule has 8 rings (SSSR count). The van der Waals surface area contributed by atoms with Gasteiger partial charge in [-0.05, 0) is 92.6 Å². The van der Waals surface area contributed by atoms with Gasteiger partial charge in [0, 0.05) is 76.0 Å². The van der Waals surface area contributed by atoms with Crippen LogP contribution in [0.1, 0.15) is 119 Å². The van der Waals surface area contributed by atoms with E-state index < -0.39 is 0 Å². The van der Waals surface area contributed by atoms with Crippen LogP contribution in [0.25, 0.3) is 0 Å². The van der Waals surface area contributed by atoms with Gasteiger partial charge in [0.2, 0.25) is 0 Å². The molecule has 7 nitrogen and oxygen atoms in total. The zero-order valence-corrected chi connectivity index (χ0v) is 34.8. The van der Waals surface area contributed by atoms with Crippen molar-refractivity contribution in [2.45, 2.75) is 117 Å². The van der Waals surface area contributed by atoms with Crippen molar-refractivity contribution in [3.8, 4) is 11.5 Å². The number of hydrogen-bond donors (Lipinski definition) is 1.